The van der Waals surface area contributed by atoms with Crippen molar-refractivity contribution in [3.63, 3.8) is 0 Å². The van der Waals surface area contributed by atoms with E-state index >= 15 is 0 Å². The Morgan fingerprint density at radius 3 is 2.86 bits per heavy atom. The van der Waals surface area contributed by atoms with Crippen molar-refractivity contribution in [2.24, 2.45) is 17.8 Å². The molecule has 3 heteroatoms. The Balaban J connectivity index is 1.66. The average Bonchev–Trinajstić information content (AvgIpc) is 2.87. The van der Waals surface area contributed by atoms with Crippen LogP contribution in [0.4, 0.5) is 0 Å². The Hall–Kier alpha value is -0.990. The summed E-state index contributed by atoms with van der Waals surface area (Å²) in [5.41, 5.74) is 0.836. The fourth-order valence-electron chi connectivity index (χ4n) is 4.30. The van der Waals surface area contributed by atoms with Crippen molar-refractivity contribution in [3.8, 4) is 0 Å². The van der Waals surface area contributed by atoms with Gasteiger partial charge in [-0.15, -0.1) is 0 Å². The van der Waals surface area contributed by atoms with Crippen molar-refractivity contribution in [2.45, 2.75) is 38.6 Å². The number of furan rings is 1. The van der Waals surface area contributed by atoms with Gasteiger partial charge < -0.3 is 9.73 Å². The van der Waals surface area contributed by atoms with E-state index in [2.05, 4.69) is 24.4 Å². The SMILES string of the molecule is CCCNC(c1cc2cccc(Cl)c2o1)C1C2CCCC21. The van der Waals surface area contributed by atoms with Crippen molar-refractivity contribution in [2.75, 3.05) is 6.54 Å². The van der Waals surface area contributed by atoms with Crippen molar-refractivity contribution < 1.29 is 4.42 Å². The summed E-state index contributed by atoms with van der Waals surface area (Å²) in [4.78, 5) is 0. The zero-order valence-electron chi connectivity index (χ0n) is 12.4. The maximum Gasteiger partial charge on any atom is 0.152 e. The van der Waals surface area contributed by atoms with E-state index in [1.807, 2.05) is 12.1 Å². The lowest BCUT2D eigenvalue weighted by molar-refractivity contribution is 0.359. The van der Waals surface area contributed by atoms with Crippen LogP contribution in [0.2, 0.25) is 5.02 Å². The van der Waals surface area contributed by atoms with Gasteiger partial charge in [-0.3, -0.25) is 0 Å². The lowest BCUT2D eigenvalue weighted by Gasteiger charge is -2.18. The number of halogens is 1. The molecule has 0 bridgehead atoms. The van der Waals surface area contributed by atoms with E-state index in [1.165, 1.54) is 19.3 Å². The first-order chi connectivity index (χ1) is 10.3. The summed E-state index contributed by atoms with van der Waals surface area (Å²) < 4.78 is 6.13. The van der Waals surface area contributed by atoms with Crippen LogP contribution in [0.25, 0.3) is 11.0 Å². The third-order valence-electron chi connectivity index (χ3n) is 5.29. The van der Waals surface area contributed by atoms with Gasteiger partial charge in [0, 0.05) is 5.39 Å². The predicted molar refractivity (Wildman–Crippen MR) is 86.6 cm³/mol. The van der Waals surface area contributed by atoms with Crippen LogP contribution in [0.5, 0.6) is 0 Å². The molecule has 0 aliphatic heterocycles. The second-order valence-electron chi connectivity index (χ2n) is 6.57. The van der Waals surface area contributed by atoms with E-state index in [1.54, 1.807) is 0 Å². The highest BCUT2D eigenvalue weighted by atomic mass is 35.5. The van der Waals surface area contributed by atoms with Gasteiger partial charge in [-0.1, -0.05) is 37.1 Å². The Bertz CT molecular complexity index is 640. The summed E-state index contributed by atoms with van der Waals surface area (Å²) in [5, 5.41) is 5.55. The minimum Gasteiger partial charge on any atom is -0.458 e. The Labute approximate surface area is 130 Å². The zero-order chi connectivity index (χ0) is 14.4. The zero-order valence-corrected chi connectivity index (χ0v) is 13.2. The molecule has 2 aliphatic carbocycles. The van der Waals surface area contributed by atoms with Gasteiger partial charge in [0.1, 0.15) is 5.76 Å². The second kappa shape index (κ2) is 5.33. The van der Waals surface area contributed by atoms with Gasteiger partial charge in [-0.2, -0.15) is 0 Å². The molecule has 2 aliphatic rings. The first kappa shape index (κ1) is 13.7. The van der Waals surface area contributed by atoms with Crippen molar-refractivity contribution >= 4 is 22.6 Å². The van der Waals surface area contributed by atoms with E-state index in [-0.39, 0.29) is 0 Å². The molecule has 2 nitrogen and oxygen atoms in total. The third-order valence-corrected chi connectivity index (χ3v) is 5.59. The lowest BCUT2D eigenvalue weighted by atomic mass is 10.0. The Kier molecular flexibility index (Phi) is 3.47. The molecule has 2 fully saturated rings. The fraction of sp³-hybridized carbons (Fsp3) is 0.556. The average molecular weight is 304 g/mol. The molecule has 112 valence electrons. The molecule has 4 rings (SSSR count). The maximum atomic E-state index is 6.26. The molecule has 0 radical (unpaired) electrons. The largest absolute Gasteiger partial charge is 0.458 e. The van der Waals surface area contributed by atoms with E-state index in [9.17, 15) is 0 Å². The molecule has 1 aromatic carbocycles. The first-order valence-electron chi connectivity index (χ1n) is 8.21. The van der Waals surface area contributed by atoms with Crippen molar-refractivity contribution in [1.29, 1.82) is 0 Å². The van der Waals surface area contributed by atoms with Crippen LogP contribution in [0, 0.1) is 17.8 Å². The minimum atomic E-state index is 0.365. The molecular weight excluding hydrogens is 282 g/mol. The number of rotatable bonds is 5. The topological polar surface area (TPSA) is 25.2 Å². The summed E-state index contributed by atoms with van der Waals surface area (Å²) in [6, 6.07) is 8.52. The molecule has 1 heterocycles. The van der Waals surface area contributed by atoms with Gasteiger partial charge in [0.05, 0.1) is 11.1 Å². The molecule has 0 saturated heterocycles. The number of hydrogen-bond acceptors (Lipinski definition) is 2. The summed E-state index contributed by atoms with van der Waals surface area (Å²) in [7, 11) is 0. The number of nitrogens with one attached hydrogen (secondary N) is 1. The van der Waals surface area contributed by atoms with Crippen LogP contribution in [0.3, 0.4) is 0 Å². The summed E-state index contributed by atoms with van der Waals surface area (Å²) >= 11 is 6.26. The van der Waals surface area contributed by atoms with E-state index < -0.39 is 0 Å². The van der Waals surface area contributed by atoms with Crippen molar-refractivity contribution in [1.82, 2.24) is 5.32 Å². The normalized spacial score (nSPS) is 28.8. The smallest absolute Gasteiger partial charge is 0.152 e. The molecular formula is C18H22ClNO. The summed E-state index contributed by atoms with van der Waals surface area (Å²) in [5.74, 6) is 3.68. The maximum absolute atomic E-state index is 6.26. The lowest BCUT2D eigenvalue weighted by Crippen LogP contribution is -2.25. The molecule has 1 N–H and O–H groups in total. The Morgan fingerprint density at radius 1 is 1.33 bits per heavy atom. The summed E-state index contributed by atoms with van der Waals surface area (Å²) in [6.07, 6.45) is 5.37. The van der Waals surface area contributed by atoms with E-state index in [0.29, 0.717) is 11.1 Å². The first-order valence-corrected chi connectivity index (χ1v) is 8.58. The standard InChI is InChI=1S/C18H22ClNO/c1-2-9-20-17(16-12-6-4-7-13(12)16)15-10-11-5-3-8-14(19)18(11)21-15/h3,5,8,10,12-13,16-17,20H,2,4,6-7,9H2,1H3. The van der Waals surface area contributed by atoms with Gasteiger partial charge in [0.15, 0.2) is 5.58 Å². The van der Waals surface area contributed by atoms with Crippen LogP contribution in [-0.2, 0) is 0 Å². The highest BCUT2D eigenvalue weighted by molar-refractivity contribution is 6.34. The highest BCUT2D eigenvalue weighted by Crippen LogP contribution is 2.62. The van der Waals surface area contributed by atoms with Crippen LogP contribution >= 0.6 is 11.6 Å². The van der Waals surface area contributed by atoms with Gasteiger partial charge in [-0.25, -0.2) is 0 Å². The molecule has 2 aromatic rings. The second-order valence-corrected chi connectivity index (χ2v) is 6.98. The summed E-state index contributed by atoms with van der Waals surface area (Å²) in [6.45, 7) is 3.26. The molecule has 21 heavy (non-hydrogen) atoms. The number of benzene rings is 1. The molecule has 1 aromatic heterocycles. The molecule has 3 unspecified atom stereocenters. The van der Waals surface area contributed by atoms with Crippen molar-refractivity contribution in [3.05, 3.63) is 35.0 Å². The number of para-hydroxylation sites is 1. The van der Waals surface area contributed by atoms with Gasteiger partial charge in [-0.05, 0) is 55.7 Å². The van der Waals surface area contributed by atoms with Crippen LogP contribution in [-0.4, -0.2) is 6.54 Å². The Morgan fingerprint density at radius 2 is 2.14 bits per heavy atom. The minimum absolute atomic E-state index is 0.365. The van der Waals surface area contributed by atoms with Crippen LogP contribution in [0.15, 0.2) is 28.7 Å². The van der Waals surface area contributed by atoms with Crippen LogP contribution < -0.4 is 5.32 Å². The van der Waals surface area contributed by atoms with E-state index in [4.69, 9.17) is 16.0 Å². The molecule has 3 atom stereocenters. The fourth-order valence-corrected chi connectivity index (χ4v) is 4.52. The predicted octanol–water partition coefficient (Wildman–Crippen LogP) is 5.17. The number of hydrogen-bond donors (Lipinski definition) is 1. The van der Waals surface area contributed by atoms with E-state index in [0.717, 1.165) is 47.4 Å². The molecule has 0 amide bonds. The monoisotopic (exact) mass is 303 g/mol. The molecule has 2 saturated carbocycles. The third kappa shape index (κ3) is 2.29. The van der Waals surface area contributed by atoms with Gasteiger partial charge in [0.2, 0.25) is 0 Å². The highest BCUT2D eigenvalue weighted by Gasteiger charge is 2.56. The van der Waals surface area contributed by atoms with Crippen LogP contribution in [0.1, 0.15) is 44.4 Å². The van der Waals surface area contributed by atoms with Gasteiger partial charge >= 0.3 is 0 Å². The number of fused-ring (bicyclic) bond motifs is 2. The van der Waals surface area contributed by atoms with Gasteiger partial charge in [0.25, 0.3) is 0 Å². The molecule has 0 spiro atoms. The quantitative estimate of drug-likeness (QED) is 0.824.